The average Bonchev–Trinajstić information content (AvgIpc) is 2.86. The van der Waals surface area contributed by atoms with Gasteiger partial charge in [-0.25, -0.2) is 4.79 Å². The Morgan fingerprint density at radius 3 is 2.33 bits per heavy atom. The number of hydrogen-bond donors (Lipinski definition) is 3. The number of carbonyl (C=O) groups excluding carboxylic acids is 2. The van der Waals surface area contributed by atoms with Crippen molar-refractivity contribution in [3.8, 4) is 0 Å². The number of carboxylic acid groups (broad SMARTS) is 1. The van der Waals surface area contributed by atoms with Crippen LogP contribution in [0.4, 0.5) is 23.7 Å². The van der Waals surface area contributed by atoms with Crippen LogP contribution in [-0.4, -0.2) is 46.5 Å². The molecule has 3 N–H and O–H groups in total. The number of urea groups is 1. The third-order valence-corrected chi connectivity index (χ3v) is 6.34. The Bertz CT molecular complexity index is 1310. The van der Waals surface area contributed by atoms with E-state index in [4.69, 9.17) is 16.7 Å². The lowest BCUT2D eigenvalue weighted by molar-refractivity contribution is -0.136. The van der Waals surface area contributed by atoms with Crippen molar-refractivity contribution in [3.63, 3.8) is 0 Å². The molecule has 0 atom stereocenters. The predicted octanol–water partition coefficient (Wildman–Crippen LogP) is 6.43. The molecule has 7 nitrogen and oxygen atoms in total. The van der Waals surface area contributed by atoms with E-state index in [9.17, 15) is 27.6 Å². The van der Waals surface area contributed by atoms with Crippen molar-refractivity contribution in [1.29, 1.82) is 0 Å². The zero-order valence-electron chi connectivity index (χ0n) is 20.5. The van der Waals surface area contributed by atoms with Gasteiger partial charge >= 0.3 is 17.5 Å². The molecule has 0 aliphatic carbocycles. The summed E-state index contributed by atoms with van der Waals surface area (Å²) in [5.41, 5.74) is -2.30. The fourth-order valence-corrected chi connectivity index (χ4v) is 4.36. The van der Waals surface area contributed by atoms with Crippen LogP contribution >= 0.6 is 23.4 Å². The zero-order chi connectivity index (χ0) is 28.4. The highest BCUT2D eigenvalue weighted by molar-refractivity contribution is 8.00. The van der Waals surface area contributed by atoms with Crippen LogP contribution < -0.4 is 10.6 Å². The summed E-state index contributed by atoms with van der Waals surface area (Å²) in [6, 6.07) is 18.7. The minimum atomic E-state index is -4.45. The Morgan fingerprint density at radius 2 is 1.67 bits per heavy atom. The molecule has 0 saturated heterocycles. The van der Waals surface area contributed by atoms with Crippen LogP contribution in [0, 0.1) is 0 Å². The number of amides is 3. The number of rotatable bonds is 11. The van der Waals surface area contributed by atoms with E-state index in [0.717, 1.165) is 5.56 Å². The molecule has 206 valence electrons. The second-order valence-electron chi connectivity index (χ2n) is 8.40. The molecule has 3 amide bonds. The predicted molar refractivity (Wildman–Crippen MR) is 144 cm³/mol. The number of carbonyl (C=O) groups is 3. The number of nitrogens with zero attached hydrogens (tertiary/aromatic N) is 1. The van der Waals surface area contributed by atoms with Gasteiger partial charge < -0.3 is 20.6 Å². The molecule has 0 saturated carbocycles. The lowest BCUT2D eigenvalue weighted by Crippen LogP contribution is -2.36. The molecular formula is C27H25ClF3N3O4S. The highest BCUT2D eigenvalue weighted by Crippen LogP contribution is 2.37. The molecule has 0 aliphatic rings. The van der Waals surface area contributed by atoms with Gasteiger partial charge in [-0.15, -0.1) is 0 Å². The van der Waals surface area contributed by atoms with E-state index < -0.39 is 23.4 Å². The van der Waals surface area contributed by atoms with Crippen LogP contribution in [0.5, 0.6) is 0 Å². The minimum absolute atomic E-state index is 0.00392. The fraction of sp³-hybridized carbons (Fsp3) is 0.222. The first-order valence-electron chi connectivity index (χ1n) is 11.7. The van der Waals surface area contributed by atoms with E-state index in [2.05, 4.69) is 10.6 Å². The van der Waals surface area contributed by atoms with Gasteiger partial charge in [0, 0.05) is 40.8 Å². The Hall–Kier alpha value is -3.70. The maximum absolute atomic E-state index is 13.2. The highest BCUT2D eigenvalue weighted by atomic mass is 35.5. The number of anilines is 1. The second-order valence-corrected chi connectivity index (χ2v) is 9.98. The standard InChI is InChI=1S/C27H25ClF3N3O4S/c28-21-4-1-3-18(15-21)12-14-34(26(38)33-22-5-2-6-23(16-22)39-27(29,30)31)17-19-7-9-20(10-8-19)25(37)32-13-11-24(35)36/h1-10,15-16H,11-14,17H2,(H,32,37)(H,33,38)(H,35,36). The van der Waals surface area contributed by atoms with Crippen molar-refractivity contribution in [2.45, 2.75) is 29.8 Å². The molecule has 12 heteroatoms. The summed E-state index contributed by atoms with van der Waals surface area (Å²) in [5.74, 6) is -1.44. The van der Waals surface area contributed by atoms with Crippen molar-refractivity contribution in [3.05, 3.63) is 94.5 Å². The van der Waals surface area contributed by atoms with Crippen LogP contribution in [0.2, 0.25) is 5.02 Å². The first kappa shape index (κ1) is 29.9. The van der Waals surface area contributed by atoms with E-state index in [1.807, 2.05) is 6.07 Å². The maximum Gasteiger partial charge on any atom is 0.446 e. The minimum Gasteiger partial charge on any atom is -0.481 e. The van der Waals surface area contributed by atoms with Gasteiger partial charge in [-0.2, -0.15) is 13.2 Å². The first-order valence-corrected chi connectivity index (χ1v) is 12.9. The molecule has 3 aromatic carbocycles. The molecule has 0 fully saturated rings. The molecule has 0 unspecified atom stereocenters. The van der Waals surface area contributed by atoms with Gasteiger partial charge in [0.2, 0.25) is 0 Å². The SMILES string of the molecule is O=C(O)CCNC(=O)c1ccc(CN(CCc2cccc(Cl)c2)C(=O)Nc2cccc(SC(F)(F)F)c2)cc1. The summed E-state index contributed by atoms with van der Waals surface area (Å²) in [7, 11) is 0. The zero-order valence-corrected chi connectivity index (χ0v) is 22.1. The number of carboxylic acids is 1. The quantitative estimate of drug-likeness (QED) is 0.227. The summed E-state index contributed by atoms with van der Waals surface area (Å²) in [5, 5.41) is 14.4. The Labute approximate surface area is 232 Å². The van der Waals surface area contributed by atoms with Crippen molar-refractivity contribution in [2.24, 2.45) is 0 Å². The topological polar surface area (TPSA) is 98.7 Å². The van der Waals surface area contributed by atoms with Crippen molar-refractivity contribution in [1.82, 2.24) is 10.2 Å². The van der Waals surface area contributed by atoms with Gasteiger partial charge in [0.15, 0.2) is 0 Å². The number of hydrogen-bond acceptors (Lipinski definition) is 4. The van der Waals surface area contributed by atoms with Gasteiger partial charge in [0.25, 0.3) is 5.91 Å². The average molecular weight is 580 g/mol. The van der Waals surface area contributed by atoms with Crippen LogP contribution in [0.3, 0.4) is 0 Å². The molecule has 0 heterocycles. The fourth-order valence-electron chi connectivity index (χ4n) is 3.55. The monoisotopic (exact) mass is 579 g/mol. The maximum atomic E-state index is 13.2. The summed E-state index contributed by atoms with van der Waals surface area (Å²) in [6.07, 6.45) is 0.278. The van der Waals surface area contributed by atoms with E-state index in [1.165, 1.54) is 29.2 Å². The summed E-state index contributed by atoms with van der Waals surface area (Å²) < 4.78 is 38.3. The summed E-state index contributed by atoms with van der Waals surface area (Å²) in [6.45, 7) is 0.431. The second kappa shape index (κ2) is 13.9. The Morgan fingerprint density at radius 1 is 0.949 bits per heavy atom. The molecular weight excluding hydrogens is 555 g/mol. The van der Waals surface area contributed by atoms with Crippen LogP contribution in [0.25, 0.3) is 0 Å². The van der Waals surface area contributed by atoms with Crippen LogP contribution in [0.15, 0.2) is 77.7 Å². The first-order chi connectivity index (χ1) is 18.5. The molecule has 3 rings (SSSR count). The summed E-state index contributed by atoms with van der Waals surface area (Å²) in [4.78, 5) is 37.5. The van der Waals surface area contributed by atoms with Gasteiger partial charge in [0.1, 0.15) is 0 Å². The number of halogens is 4. The van der Waals surface area contributed by atoms with E-state index in [0.29, 0.717) is 22.6 Å². The third-order valence-electron chi connectivity index (χ3n) is 5.38. The number of nitrogens with one attached hydrogen (secondary N) is 2. The van der Waals surface area contributed by atoms with Gasteiger partial charge in [0.05, 0.1) is 6.42 Å². The van der Waals surface area contributed by atoms with Crippen LogP contribution in [0.1, 0.15) is 27.9 Å². The third kappa shape index (κ3) is 10.5. The summed E-state index contributed by atoms with van der Waals surface area (Å²) >= 11 is 5.80. The number of thioether (sulfide) groups is 1. The largest absolute Gasteiger partial charge is 0.481 e. The smallest absolute Gasteiger partial charge is 0.446 e. The van der Waals surface area contributed by atoms with Crippen molar-refractivity contribution < 1.29 is 32.7 Å². The molecule has 0 bridgehead atoms. The molecule has 0 radical (unpaired) electrons. The molecule has 39 heavy (non-hydrogen) atoms. The van der Waals surface area contributed by atoms with Gasteiger partial charge in [-0.05, 0) is 71.8 Å². The van der Waals surface area contributed by atoms with Crippen molar-refractivity contribution >= 4 is 47.0 Å². The van der Waals surface area contributed by atoms with E-state index in [-0.39, 0.29) is 48.4 Å². The van der Waals surface area contributed by atoms with Gasteiger partial charge in [-0.3, -0.25) is 9.59 Å². The van der Waals surface area contributed by atoms with E-state index in [1.54, 1.807) is 42.5 Å². The Balaban J connectivity index is 1.72. The molecule has 3 aromatic rings. The van der Waals surface area contributed by atoms with E-state index >= 15 is 0 Å². The van der Waals surface area contributed by atoms with Gasteiger partial charge in [-0.1, -0.05) is 41.9 Å². The number of benzene rings is 3. The number of aliphatic carboxylic acids is 1. The molecule has 0 aromatic heterocycles. The molecule has 0 aliphatic heterocycles. The van der Waals surface area contributed by atoms with Crippen LogP contribution in [-0.2, 0) is 17.8 Å². The number of alkyl halides is 3. The van der Waals surface area contributed by atoms with Crippen molar-refractivity contribution in [2.75, 3.05) is 18.4 Å². The molecule has 0 spiro atoms. The highest BCUT2D eigenvalue weighted by Gasteiger charge is 2.29. The lowest BCUT2D eigenvalue weighted by atomic mass is 10.1. The normalized spacial score (nSPS) is 11.1. The Kier molecular flexibility index (Phi) is 10.6. The lowest BCUT2D eigenvalue weighted by Gasteiger charge is -2.24.